The lowest BCUT2D eigenvalue weighted by Crippen LogP contribution is -2.47. The second-order valence-electron chi connectivity index (χ2n) is 7.20. The average molecular weight is 347 g/mol. The van der Waals surface area contributed by atoms with Crippen molar-refractivity contribution in [2.24, 2.45) is 0 Å². The van der Waals surface area contributed by atoms with Crippen molar-refractivity contribution in [3.63, 3.8) is 0 Å². The van der Waals surface area contributed by atoms with Crippen LogP contribution in [-0.2, 0) is 17.0 Å². The molecular formula is C17H22FN5O2. The van der Waals surface area contributed by atoms with E-state index in [1.54, 1.807) is 9.58 Å². The minimum Gasteiger partial charge on any atom is -0.337 e. The molecule has 2 aromatic rings. The summed E-state index contributed by atoms with van der Waals surface area (Å²) in [5.41, 5.74) is 0.0194. The molecule has 7 nitrogen and oxygen atoms in total. The van der Waals surface area contributed by atoms with Gasteiger partial charge >= 0.3 is 0 Å². The highest BCUT2D eigenvalue weighted by atomic mass is 19.1. The molecule has 2 aromatic heterocycles. The molecule has 0 radical (unpaired) electrons. The number of carbonyl (C=O) groups excluding carboxylic acids is 1. The van der Waals surface area contributed by atoms with E-state index in [0.717, 1.165) is 24.2 Å². The van der Waals surface area contributed by atoms with Gasteiger partial charge in [-0.05, 0) is 45.6 Å². The number of halogens is 1. The van der Waals surface area contributed by atoms with Gasteiger partial charge in [0.2, 0.25) is 11.6 Å². The first kappa shape index (κ1) is 16.2. The van der Waals surface area contributed by atoms with Crippen LogP contribution in [0.15, 0.2) is 10.6 Å². The van der Waals surface area contributed by atoms with Crippen molar-refractivity contribution in [2.45, 2.75) is 57.7 Å². The Bertz CT molecular complexity index is 797. The minimum absolute atomic E-state index is 0.0121. The predicted molar refractivity (Wildman–Crippen MR) is 86.6 cm³/mol. The molecule has 25 heavy (non-hydrogen) atoms. The second kappa shape index (κ2) is 5.93. The molecule has 2 aliphatic rings. The summed E-state index contributed by atoms with van der Waals surface area (Å²) >= 11 is 0. The maximum Gasteiger partial charge on any atom is 0.266 e. The van der Waals surface area contributed by atoms with Gasteiger partial charge in [-0.15, -0.1) is 0 Å². The van der Waals surface area contributed by atoms with Gasteiger partial charge in [0.25, 0.3) is 5.89 Å². The quantitative estimate of drug-likeness (QED) is 0.848. The van der Waals surface area contributed by atoms with E-state index < -0.39 is 5.67 Å². The second-order valence-corrected chi connectivity index (χ2v) is 7.20. The van der Waals surface area contributed by atoms with Crippen LogP contribution in [0.1, 0.15) is 54.7 Å². The number of hydrogen-bond donors (Lipinski definition) is 0. The fraction of sp³-hybridized carbons (Fsp3) is 0.647. The maximum atomic E-state index is 15.4. The smallest absolute Gasteiger partial charge is 0.266 e. The van der Waals surface area contributed by atoms with Gasteiger partial charge in [-0.3, -0.25) is 9.48 Å². The zero-order chi connectivity index (χ0) is 17.6. The monoisotopic (exact) mass is 347 g/mol. The Labute approximate surface area is 145 Å². The minimum atomic E-state index is -1.76. The zero-order valence-corrected chi connectivity index (χ0v) is 14.5. The van der Waals surface area contributed by atoms with E-state index in [1.165, 1.54) is 0 Å². The van der Waals surface area contributed by atoms with Crippen LogP contribution >= 0.6 is 0 Å². The number of likely N-dealkylation sites (tertiary alicyclic amines) is 1. The van der Waals surface area contributed by atoms with Crippen molar-refractivity contribution in [3.05, 3.63) is 29.2 Å². The molecule has 1 saturated heterocycles. The number of carbonyl (C=O) groups is 1. The molecule has 1 unspecified atom stereocenters. The van der Waals surface area contributed by atoms with Gasteiger partial charge in [-0.1, -0.05) is 5.16 Å². The summed E-state index contributed by atoms with van der Waals surface area (Å²) in [6.45, 7) is 4.40. The zero-order valence-electron chi connectivity index (χ0n) is 14.5. The lowest BCUT2D eigenvalue weighted by atomic mass is 9.94. The lowest BCUT2D eigenvalue weighted by Gasteiger charge is -2.35. The number of aryl methyl sites for hydroxylation is 2. The molecule has 1 atom stereocenters. The molecule has 8 heteroatoms. The summed E-state index contributed by atoms with van der Waals surface area (Å²) in [6, 6.07) is 1.92. The van der Waals surface area contributed by atoms with Crippen LogP contribution < -0.4 is 0 Å². The summed E-state index contributed by atoms with van der Waals surface area (Å²) in [5, 5.41) is 8.21. The first-order valence-corrected chi connectivity index (χ1v) is 8.76. The average Bonchev–Trinajstić information content (AvgIpc) is 3.20. The maximum absolute atomic E-state index is 15.4. The fourth-order valence-corrected chi connectivity index (χ4v) is 3.39. The summed E-state index contributed by atoms with van der Waals surface area (Å²) in [6.07, 6.45) is 2.93. The van der Waals surface area contributed by atoms with E-state index in [-0.39, 0.29) is 24.9 Å². The normalized spacial score (nSPS) is 23.9. The van der Waals surface area contributed by atoms with Crippen molar-refractivity contribution in [1.82, 2.24) is 24.8 Å². The molecule has 0 N–H and O–H groups in total. The van der Waals surface area contributed by atoms with E-state index in [2.05, 4.69) is 15.2 Å². The van der Waals surface area contributed by atoms with E-state index in [0.29, 0.717) is 31.1 Å². The van der Waals surface area contributed by atoms with E-state index in [9.17, 15) is 4.79 Å². The molecule has 3 heterocycles. The Morgan fingerprint density at radius 3 is 2.92 bits per heavy atom. The number of rotatable bonds is 4. The molecule has 4 rings (SSSR count). The topological polar surface area (TPSA) is 77.0 Å². The van der Waals surface area contributed by atoms with E-state index in [1.807, 2.05) is 19.9 Å². The lowest BCUT2D eigenvalue weighted by molar-refractivity contribution is -0.137. The highest BCUT2D eigenvalue weighted by Gasteiger charge is 2.44. The highest BCUT2D eigenvalue weighted by molar-refractivity contribution is 5.76. The fourth-order valence-electron chi connectivity index (χ4n) is 3.39. The summed E-state index contributed by atoms with van der Waals surface area (Å²) in [4.78, 5) is 18.4. The summed E-state index contributed by atoms with van der Waals surface area (Å²) in [7, 11) is 0. The van der Waals surface area contributed by atoms with Crippen LogP contribution in [0.4, 0.5) is 4.39 Å². The first-order valence-electron chi connectivity index (χ1n) is 8.76. The van der Waals surface area contributed by atoms with Gasteiger partial charge in [0.15, 0.2) is 5.82 Å². The molecule has 2 fully saturated rings. The Kier molecular flexibility index (Phi) is 3.85. The molecule has 1 amide bonds. The van der Waals surface area contributed by atoms with Crippen molar-refractivity contribution in [2.75, 3.05) is 13.1 Å². The van der Waals surface area contributed by atoms with Crippen molar-refractivity contribution < 1.29 is 13.7 Å². The number of alkyl halides is 1. The number of aromatic nitrogens is 4. The summed E-state index contributed by atoms with van der Waals surface area (Å²) < 4.78 is 22.3. The third kappa shape index (κ3) is 3.17. The molecule has 0 bridgehead atoms. The van der Waals surface area contributed by atoms with Gasteiger partial charge in [0.1, 0.15) is 6.54 Å². The Morgan fingerprint density at radius 1 is 1.44 bits per heavy atom. The largest absolute Gasteiger partial charge is 0.337 e. The molecule has 0 spiro atoms. The van der Waals surface area contributed by atoms with Crippen LogP contribution in [-0.4, -0.2) is 43.8 Å². The molecular weight excluding hydrogens is 325 g/mol. The van der Waals surface area contributed by atoms with Gasteiger partial charge in [0.05, 0.1) is 12.2 Å². The van der Waals surface area contributed by atoms with Crippen LogP contribution in [0.2, 0.25) is 0 Å². The van der Waals surface area contributed by atoms with Crippen molar-refractivity contribution in [3.8, 4) is 0 Å². The van der Waals surface area contributed by atoms with Gasteiger partial charge in [-0.2, -0.15) is 10.1 Å². The number of hydrogen-bond acceptors (Lipinski definition) is 5. The van der Waals surface area contributed by atoms with Gasteiger partial charge in [-0.25, -0.2) is 4.39 Å². The van der Waals surface area contributed by atoms with E-state index >= 15 is 4.39 Å². The van der Waals surface area contributed by atoms with Crippen LogP contribution in [0.25, 0.3) is 0 Å². The Morgan fingerprint density at radius 2 is 2.24 bits per heavy atom. The molecule has 1 aliphatic carbocycles. The number of piperidine rings is 1. The number of nitrogens with zero attached hydrogens (tertiary/aromatic N) is 5. The number of amides is 1. The third-order valence-electron chi connectivity index (χ3n) is 4.95. The Balaban J connectivity index is 1.47. The van der Waals surface area contributed by atoms with Crippen LogP contribution in [0.5, 0.6) is 0 Å². The molecule has 134 valence electrons. The Hall–Kier alpha value is -2.25. The summed E-state index contributed by atoms with van der Waals surface area (Å²) in [5.74, 6) is 0.777. The standard InChI is InChI=1S/C17H22FN5O2/c1-11-8-12(2)23(20-11)9-14(24)22-7-3-6-17(18,10-22)16-19-15(21-25-16)13-4-5-13/h8,13H,3-7,9-10H2,1-2H3. The highest BCUT2D eigenvalue weighted by Crippen LogP contribution is 2.40. The van der Waals surface area contributed by atoms with Crippen LogP contribution in [0, 0.1) is 13.8 Å². The predicted octanol–water partition coefficient (Wildman–Crippen LogP) is 2.25. The van der Waals surface area contributed by atoms with Crippen molar-refractivity contribution >= 4 is 5.91 Å². The van der Waals surface area contributed by atoms with Gasteiger partial charge in [0, 0.05) is 18.2 Å². The SMILES string of the molecule is Cc1cc(C)n(CC(=O)N2CCCC(F)(c3nc(C4CC4)no3)C2)n1. The van der Waals surface area contributed by atoms with Crippen molar-refractivity contribution in [1.29, 1.82) is 0 Å². The van der Waals surface area contributed by atoms with E-state index in [4.69, 9.17) is 4.52 Å². The molecule has 1 aliphatic heterocycles. The first-order chi connectivity index (χ1) is 11.9. The van der Waals surface area contributed by atoms with Gasteiger partial charge < -0.3 is 9.42 Å². The molecule has 0 aromatic carbocycles. The van der Waals surface area contributed by atoms with Crippen LogP contribution in [0.3, 0.4) is 0 Å². The molecule has 1 saturated carbocycles. The third-order valence-corrected chi connectivity index (χ3v) is 4.95.